The monoisotopic (exact) mass is 350 g/mol. The van der Waals surface area contributed by atoms with Gasteiger partial charge in [-0.1, -0.05) is 36.4 Å². The third-order valence-electron chi connectivity index (χ3n) is 4.15. The van der Waals surface area contributed by atoms with Crippen LogP contribution in [0.2, 0.25) is 0 Å². The SMILES string of the molecule is Cc1ccc(NC(=O)NC(C)CCc2ccccc2)cc1-n1cnnn1. The number of tetrazole rings is 1. The molecule has 7 nitrogen and oxygen atoms in total. The van der Waals surface area contributed by atoms with Crippen LogP contribution in [0, 0.1) is 6.92 Å². The third kappa shape index (κ3) is 4.66. The number of urea groups is 1. The van der Waals surface area contributed by atoms with Crippen molar-refractivity contribution in [2.24, 2.45) is 0 Å². The molecule has 1 atom stereocenters. The van der Waals surface area contributed by atoms with Crippen molar-refractivity contribution in [3.05, 3.63) is 66.0 Å². The van der Waals surface area contributed by atoms with Gasteiger partial charge >= 0.3 is 6.03 Å². The van der Waals surface area contributed by atoms with Crippen molar-refractivity contribution in [3.63, 3.8) is 0 Å². The predicted molar refractivity (Wildman–Crippen MR) is 100 cm³/mol. The molecule has 2 amide bonds. The van der Waals surface area contributed by atoms with E-state index in [2.05, 4.69) is 38.3 Å². The highest BCUT2D eigenvalue weighted by Gasteiger charge is 2.10. The minimum atomic E-state index is -0.225. The fourth-order valence-corrected chi connectivity index (χ4v) is 2.70. The molecule has 0 bridgehead atoms. The summed E-state index contributed by atoms with van der Waals surface area (Å²) in [6.45, 7) is 3.97. The number of carbonyl (C=O) groups is 1. The highest BCUT2D eigenvalue weighted by Crippen LogP contribution is 2.18. The van der Waals surface area contributed by atoms with E-state index in [1.165, 1.54) is 11.9 Å². The molecule has 3 aromatic rings. The van der Waals surface area contributed by atoms with Crippen LogP contribution in [0.3, 0.4) is 0 Å². The minimum Gasteiger partial charge on any atom is -0.335 e. The van der Waals surface area contributed by atoms with Crippen LogP contribution in [-0.4, -0.2) is 32.3 Å². The Hall–Kier alpha value is -3.22. The number of amides is 2. The van der Waals surface area contributed by atoms with Crippen LogP contribution in [0.4, 0.5) is 10.5 Å². The Morgan fingerprint density at radius 3 is 2.73 bits per heavy atom. The van der Waals surface area contributed by atoms with E-state index >= 15 is 0 Å². The van der Waals surface area contributed by atoms with Crippen molar-refractivity contribution in [2.45, 2.75) is 32.7 Å². The van der Waals surface area contributed by atoms with Gasteiger partial charge in [0.1, 0.15) is 6.33 Å². The molecule has 0 aliphatic carbocycles. The van der Waals surface area contributed by atoms with Gasteiger partial charge in [-0.05, 0) is 60.4 Å². The molecule has 2 aromatic carbocycles. The number of hydrogen-bond acceptors (Lipinski definition) is 4. The van der Waals surface area contributed by atoms with Crippen LogP contribution in [0.1, 0.15) is 24.5 Å². The molecule has 0 saturated carbocycles. The van der Waals surface area contributed by atoms with Crippen LogP contribution >= 0.6 is 0 Å². The standard InChI is InChI=1S/C19H22N6O/c1-14-8-11-17(12-18(14)25-13-20-23-24-25)22-19(26)21-15(2)9-10-16-6-4-3-5-7-16/h3-8,11-13,15H,9-10H2,1-2H3,(H2,21,22,26). The first-order chi connectivity index (χ1) is 12.6. The van der Waals surface area contributed by atoms with Gasteiger partial charge in [-0.2, -0.15) is 0 Å². The zero-order valence-corrected chi connectivity index (χ0v) is 14.9. The lowest BCUT2D eigenvalue weighted by molar-refractivity contribution is 0.248. The molecular formula is C19H22N6O. The average molecular weight is 350 g/mol. The number of rotatable bonds is 6. The maximum Gasteiger partial charge on any atom is 0.319 e. The average Bonchev–Trinajstić information content (AvgIpc) is 3.17. The topological polar surface area (TPSA) is 84.7 Å². The molecule has 3 rings (SSSR count). The van der Waals surface area contributed by atoms with Gasteiger partial charge in [0.05, 0.1) is 5.69 Å². The second kappa shape index (κ2) is 8.24. The van der Waals surface area contributed by atoms with Crippen molar-refractivity contribution in [2.75, 3.05) is 5.32 Å². The summed E-state index contributed by atoms with van der Waals surface area (Å²) in [5, 5.41) is 17.0. The summed E-state index contributed by atoms with van der Waals surface area (Å²) in [5.41, 5.74) is 3.80. The van der Waals surface area contributed by atoms with Crippen molar-refractivity contribution >= 4 is 11.7 Å². The molecule has 1 heterocycles. The summed E-state index contributed by atoms with van der Waals surface area (Å²) in [4.78, 5) is 12.2. The van der Waals surface area contributed by atoms with E-state index in [0.29, 0.717) is 5.69 Å². The van der Waals surface area contributed by atoms with Crippen molar-refractivity contribution < 1.29 is 4.79 Å². The van der Waals surface area contributed by atoms with E-state index in [9.17, 15) is 4.79 Å². The van der Waals surface area contributed by atoms with E-state index in [1.807, 2.05) is 50.2 Å². The number of benzene rings is 2. The number of hydrogen-bond donors (Lipinski definition) is 2. The van der Waals surface area contributed by atoms with Crippen molar-refractivity contribution in [1.29, 1.82) is 0 Å². The Bertz CT molecular complexity index is 848. The number of carbonyl (C=O) groups excluding carboxylic acids is 1. The summed E-state index contributed by atoms with van der Waals surface area (Å²) in [6, 6.07) is 15.7. The lowest BCUT2D eigenvalue weighted by atomic mass is 10.1. The largest absolute Gasteiger partial charge is 0.335 e. The molecule has 1 aromatic heterocycles. The number of anilines is 1. The van der Waals surface area contributed by atoms with E-state index in [1.54, 1.807) is 4.68 Å². The van der Waals surface area contributed by atoms with Crippen LogP contribution < -0.4 is 10.6 Å². The van der Waals surface area contributed by atoms with Gasteiger partial charge in [-0.25, -0.2) is 9.48 Å². The van der Waals surface area contributed by atoms with Gasteiger partial charge in [-0.15, -0.1) is 5.10 Å². The van der Waals surface area contributed by atoms with E-state index in [4.69, 9.17) is 0 Å². The smallest absolute Gasteiger partial charge is 0.319 e. The second-order valence-electron chi connectivity index (χ2n) is 6.28. The molecule has 0 fully saturated rings. The molecule has 0 aliphatic heterocycles. The predicted octanol–water partition coefficient (Wildman–Crippen LogP) is 3.11. The fourth-order valence-electron chi connectivity index (χ4n) is 2.70. The molecule has 7 heteroatoms. The van der Waals surface area contributed by atoms with Crippen LogP contribution in [-0.2, 0) is 6.42 Å². The first-order valence-electron chi connectivity index (χ1n) is 8.57. The normalized spacial score (nSPS) is 11.8. The minimum absolute atomic E-state index is 0.0691. The Morgan fingerprint density at radius 1 is 1.19 bits per heavy atom. The molecular weight excluding hydrogens is 328 g/mol. The number of aromatic nitrogens is 4. The lowest BCUT2D eigenvalue weighted by Crippen LogP contribution is -2.36. The Balaban J connectivity index is 1.55. The maximum absolute atomic E-state index is 12.2. The summed E-state index contributed by atoms with van der Waals surface area (Å²) >= 11 is 0. The van der Waals surface area contributed by atoms with Gasteiger partial charge in [0.25, 0.3) is 0 Å². The zero-order valence-electron chi connectivity index (χ0n) is 14.9. The highest BCUT2D eigenvalue weighted by molar-refractivity contribution is 5.89. The third-order valence-corrected chi connectivity index (χ3v) is 4.15. The van der Waals surface area contributed by atoms with Crippen LogP contribution in [0.25, 0.3) is 5.69 Å². The van der Waals surface area contributed by atoms with Gasteiger partial charge < -0.3 is 10.6 Å². The molecule has 0 aliphatic rings. The summed E-state index contributed by atoms with van der Waals surface area (Å²) < 4.78 is 1.57. The molecule has 0 radical (unpaired) electrons. The summed E-state index contributed by atoms with van der Waals surface area (Å²) in [7, 11) is 0. The Labute approximate surface area is 152 Å². The maximum atomic E-state index is 12.2. The highest BCUT2D eigenvalue weighted by atomic mass is 16.2. The number of nitrogens with zero attached hydrogens (tertiary/aromatic N) is 4. The van der Waals surface area contributed by atoms with Crippen LogP contribution in [0.5, 0.6) is 0 Å². The Kier molecular flexibility index (Phi) is 5.58. The summed E-state index contributed by atoms with van der Waals surface area (Å²) in [5.74, 6) is 0. The quantitative estimate of drug-likeness (QED) is 0.715. The lowest BCUT2D eigenvalue weighted by Gasteiger charge is -2.15. The van der Waals surface area contributed by atoms with Gasteiger partial charge in [0.15, 0.2) is 0 Å². The van der Waals surface area contributed by atoms with Crippen molar-refractivity contribution in [1.82, 2.24) is 25.5 Å². The molecule has 0 spiro atoms. The van der Waals surface area contributed by atoms with Gasteiger partial charge in [0.2, 0.25) is 0 Å². The first kappa shape index (κ1) is 17.6. The van der Waals surface area contributed by atoms with E-state index in [0.717, 1.165) is 24.1 Å². The molecule has 0 saturated heterocycles. The van der Waals surface area contributed by atoms with Crippen molar-refractivity contribution in [3.8, 4) is 5.69 Å². The summed E-state index contributed by atoms with van der Waals surface area (Å²) in [6.07, 6.45) is 3.33. The fraction of sp³-hybridized carbons (Fsp3) is 0.263. The van der Waals surface area contributed by atoms with Crippen LogP contribution in [0.15, 0.2) is 54.9 Å². The zero-order chi connectivity index (χ0) is 18.4. The molecule has 134 valence electrons. The molecule has 2 N–H and O–H groups in total. The number of nitrogens with one attached hydrogen (secondary N) is 2. The first-order valence-corrected chi connectivity index (χ1v) is 8.57. The second-order valence-corrected chi connectivity index (χ2v) is 6.28. The van der Waals surface area contributed by atoms with E-state index in [-0.39, 0.29) is 12.1 Å². The Morgan fingerprint density at radius 2 is 2.00 bits per heavy atom. The van der Waals surface area contributed by atoms with E-state index < -0.39 is 0 Å². The molecule has 1 unspecified atom stereocenters. The van der Waals surface area contributed by atoms with Gasteiger partial charge in [-0.3, -0.25) is 0 Å². The molecule has 26 heavy (non-hydrogen) atoms. The van der Waals surface area contributed by atoms with Gasteiger partial charge in [0, 0.05) is 11.7 Å². The number of aryl methyl sites for hydroxylation is 2.